The van der Waals surface area contributed by atoms with Gasteiger partial charge < -0.3 is 10.4 Å². The maximum atomic E-state index is 13.3. The van der Waals surface area contributed by atoms with Gasteiger partial charge in [0.1, 0.15) is 0 Å². The predicted octanol–water partition coefficient (Wildman–Crippen LogP) is 3.55. The van der Waals surface area contributed by atoms with Gasteiger partial charge in [0.05, 0.1) is 0 Å². The average Bonchev–Trinajstić information content (AvgIpc) is 3.12. The highest BCUT2D eigenvalue weighted by atomic mass is 16.3. The van der Waals surface area contributed by atoms with E-state index >= 15 is 0 Å². The van der Waals surface area contributed by atoms with Crippen molar-refractivity contribution in [2.24, 2.45) is 23.7 Å². The number of amides is 1. The fraction of sp³-hybridized carbons (Fsp3) is 0.708. The molecule has 154 valence electrons. The Balaban J connectivity index is 1.43. The zero-order valence-electron chi connectivity index (χ0n) is 17.6. The molecule has 5 atom stereocenters. The Morgan fingerprint density at radius 2 is 1.79 bits per heavy atom. The molecule has 4 rings (SSSR count). The van der Waals surface area contributed by atoms with Gasteiger partial charge in [-0.05, 0) is 42.6 Å². The Bertz CT molecular complexity index is 673. The van der Waals surface area contributed by atoms with Crippen LogP contribution >= 0.6 is 0 Å². The topological polar surface area (TPSA) is 52.6 Å². The monoisotopic (exact) mass is 384 g/mol. The van der Waals surface area contributed by atoms with Crippen LogP contribution in [0.1, 0.15) is 58.4 Å². The molecule has 0 radical (unpaired) electrons. The lowest BCUT2D eigenvalue weighted by atomic mass is 9.79. The van der Waals surface area contributed by atoms with Crippen molar-refractivity contribution in [2.45, 2.75) is 70.6 Å². The summed E-state index contributed by atoms with van der Waals surface area (Å²) in [6.45, 7) is 9.05. The lowest BCUT2D eigenvalue weighted by Crippen LogP contribution is -2.51. The number of benzene rings is 1. The van der Waals surface area contributed by atoms with Gasteiger partial charge in [0.25, 0.3) is 5.91 Å². The molecule has 3 aliphatic rings. The minimum Gasteiger partial charge on any atom is -0.375 e. The molecule has 1 heterocycles. The first-order valence-corrected chi connectivity index (χ1v) is 11.3. The molecule has 4 heteroatoms. The third kappa shape index (κ3) is 3.39. The smallest absolute Gasteiger partial charge is 0.257 e. The first-order valence-electron chi connectivity index (χ1n) is 11.3. The van der Waals surface area contributed by atoms with Gasteiger partial charge in [0, 0.05) is 31.1 Å². The molecule has 28 heavy (non-hydrogen) atoms. The molecule has 0 bridgehead atoms. The van der Waals surface area contributed by atoms with Gasteiger partial charge in [-0.25, -0.2) is 0 Å². The van der Waals surface area contributed by atoms with Crippen molar-refractivity contribution in [2.75, 3.05) is 13.1 Å². The summed E-state index contributed by atoms with van der Waals surface area (Å²) >= 11 is 0. The summed E-state index contributed by atoms with van der Waals surface area (Å²) in [5, 5.41) is 14.9. The van der Waals surface area contributed by atoms with Crippen molar-refractivity contribution < 1.29 is 9.90 Å². The van der Waals surface area contributed by atoms with Gasteiger partial charge in [0.2, 0.25) is 0 Å². The number of aliphatic hydroxyl groups is 1. The van der Waals surface area contributed by atoms with Crippen LogP contribution in [0.25, 0.3) is 0 Å². The van der Waals surface area contributed by atoms with E-state index in [1.807, 2.05) is 30.3 Å². The van der Waals surface area contributed by atoms with Crippen LogP contribution < -0.4 is 5.32 Å². The van der Waals surface area contributed by atoms with Crippen molar-refractivity contribution in [3.63, 3.8) is 0 Å². The maximum Gasteiger partial charge on any atom is 0.257 e. The normalized spacial score (nSPS) is 30.8. The van der Waals surface area contributed by atoms with E-state index in [2.05, 4.69) is 31.0 Å². The van der Waals surface area contributed by atoms with E-state index in [-0.39, 0.29) is 17.9 Å². The van der Waals surface area contributed by atoms with Crippen LogP contribution in [0.2, 0.25) is 0 Å². The highest BCUT2D eigenvalue weighted by Gasteiger charge is 2.59. The van der Waals surface area contributed by atoms with Gasteiger partial charge in [-0.1, -0.05) is 63.9 Å². The Hall–Kier alpha value is -1.39. The van der Waals surface area contributed by atoms with E-state index in [9.17, 15) is 9.90 Å². The summed E-state index contributed by atoms with van der Waals surface area (Å²) in [4.78, 5) is 16.0. The lowest BCUT2D eigenvalue weighted by molar-refractivity contribution is -0.147. The van der Waals surface area contributed by atoms with Crippen molar-refractivity contribution in [1.82, 2.24) is 10.2 Å². The maximum absolute atomic E-state index is 13.3. The first kappa shape index (κ1) is 19.9. The number of nitrogens with zero attached hydrogens (tertiary/aromatic N) is 1. The minimum absolute atomic E-state index is 0.0235. The van der Waals surface area contributed by atoms with Crippen LogP contribution in [-0.2, 0) is 10.4 Å². The highest BCUT2D eigenvalue weighted by molar-refractivity contribution is 5.87. The molecule has 2 saturated carbocycles. The van der Waals surface area contributed by atoms with Gasteiger partial charge in [-0.2, -0.15) is 0 Å². The van der Waals surface area contributed by atoms with E-state index in [0.29, 0.717) is 23.8 Å². The van der Waals surface area contributed by atoms with E-state index in [4.69, 9.17) is 0 Å². The van der Waals surface area contributed by atoms with Crippen LogP contribution in [0.3, 0.4) is 0 Å². The van der Waals surface area contributed by atoms with Crippen LogP contribution in [-0.4, -0.2) is 41.1 Å². The zero-order valence-corrected chi connectivity index (χ0v) is 17.6. The molecule has 1 amide bonds. The largest absolute Gasteiger partial charge is 0.375 e. The molecular weight excluding hydrogens is 348 g/mol. The number of hydrogen-bond acceptors (Lipinski definition) is 3. The molecule has 1 saturated heterocycles. The quantitative estimate of drug-likeness (QED) is 0.756. The molecule has 2 aliphatic carbocycles. The summed E-state index contributed by atoms with van der Waals surface area (Å²) in [6.07, 6.45) is 5.24. The van der Waals surface area contributed by atoms with Crippen molar-refractivity contribution in [3.8, 4) is 0 Å². The Morgan fingerprint density at radius 1 is 1.18 bits per heavy atom. The van der Waals surface area contributed by atoms with Gasteiger partial charge >= 0.3 is 0 Å². The summed E-state index contributed by atoms with van der Waals surface area (Å²) in [7, 11) is 0. The molecule has 2 N–H and O–H groups in total. The first-order chi connectivity index (χ1) is 13.5. The second-order valence-electron chi connectivity index (χ2n) is 9.61. The van der Waals surface area contributed by atoms with Crippen molar-refractivity contribution in [3.05, 3.63) is 35.9 Å². The predicted molar refractivity (Wildman–Crippen MR) is 112 cm³/mol. The number of likely N-dealkylation sites (tertiary alicyclic amines) is 1. The lowest BCUT2D eigenvalue weighted by Gasteiger charge is -2.35. The summed E-state index contributed by atoms with van der Waals surface area (Å²) in [5.74, 6) is 1.63. The molecule has 3 fully saturated rings. The van der Waals surface area contributed by atoms with Gasteiger partial charge in [0.15, 0.2) is 5.60 Å². The van der Waals surface area contributed by atoms with E-state index < -0.39 is 5.60 Å². The third-order valence-electron chi connectivity index (χ3n) is 7.68. The number of carbonyl (C=O) groups is 1. The molecule has 4 nitrogen and oxygen atoms in total. The van der Waals surface area contributed by atoms with Gasteiger partial charge in [-0.15, -0.1) is 0 Å². The van der Waals surface area contributed by atoms with E-state index in [1.54, 1.807) is 0 Å². The van der Waals surface area contributed by atoms with Crippen molar-refractivity contribution >= 4 is 5.91 Å². The number of piperidine rings is 1. The highest BCUT2D eigenvalue weighted by Crippen LogP contribution is 2.48. The van der Waals surface area contributed by atoms with Crippen LogP contribution in [0.4, 0.5) is 0 Å². The molecule has 3 unspecified atom stereocenters. The summed E-state index contributed by atoms with van der Waals surface area (Å²) < 4.78 is 0. The molecule has 1 aromatic carbocycles. The molecule has 1 aliphatic heterocycles. The van der Waals surface area contributed by atoms with E-state index in [0.717, 1.165) is 44.3 Å². The number of carbonyl (C=O) groups excluding carboxylic acids is 1. The number of fused-ring (bicyclic) bond motifs is 1. The SMILES string of the molecule is CCC(C(C)C)N1CC2[C@H](C1)[C@H]2NC(=O)C(O)(c1ccccc1)C1CCCC1. The Labute approximate surface area is 169 Å². The fourth-order valence-electron chi connectivity index (χ4n) is 6.04. The van der Waals surface area contributed by atoms with Crippen molar-refractivity contribution in [1.29, 1.82) is 0 Å². The van der Waals surface area contributed by atoms with E-state index in [1.165, 1.54) is 6.42 Å². The molecule has 0 aromatic heterocycles. The summed E-state index contributed by atoms with van der Waals surface area (Å²) in [6, 6.07) is 10.5. The second kappa shape index (κ2) is 7.79. The van der Waals surface area contributed by atoms with Crippen LogP contribution in [0.15, 0.2) is 30.3 Å². The number of rotatable bonds is 7. The molecular formula is C24H36N2O2. The van der Waals surface area contributed by atoms with Crippen LogP contribution in [0.5, 0.6) is 0 Å². The van der Waals surface area contributed by atoms with Crippen LogP contribution in [0, 0.1) is 23.7 Å². The molecule has 0 spiro atoms. The molecule has 1 aromatic rings. The number of hydrogen-bond donors (Lipinski definition) is 2. The summed E-state index contributed by atoms with van der Waals surface area (Å²) in [5.41, 5.74) is -0.643. The number of nitrogens with one attached hydrogen (secondary N) is 1. The zero-order chi connectivity index (χ0) is 19.9. The standard InChI is InChI=1S/C24H36N2O2/c1-4-21(16(2)3)26-14-19-20(15-26)22(19)25-23(27)24(28,18-12-8-9-13-18)17-10-6-5-7-11-17/h5-7,10-11,16,18-22,28H,4,8-9,12-15H2,1-3H3,(H,25,27)/t19-,20?,21?,22+,24?/m0/s1. The second-order valence-corrected chi connectivity index (χ2v) is 9.61. The third-order valence-corrected chi connectivity index (χ3v) is 7.68. The average molecular weight is 385 g/mol. The Morgan fingerprint density at radius 3 is 2.32 bits per heavy atom. The van der Waals surface area contributed by atoms with Gasteiger partial charge in [-0.3, -0.25) is 9.69 Å². The minimum atomic E-state index is -1.39. The fourth-order valence-corrected chi connectivity index (χ4v) is 6.04. The Kier molecular flexibility index (Phi) is 5.54.